The first kappa shape index (κ1) is 20.0. The average Bonchev–Trinajstić information content (AvgIpc) is 2.26. The van der Waals surface area contributed by atoms with Crippen molar-refractivity contribution in [3.05, 3.63) is 0 Å². The van der Waals surface area contributed by atoms with Crippen molar-refractivity contribution in [3.63, 3.8) is 0 Å². The van der Waals surface area contributed by atoms with E-state index in [0.717, 1.165) is 0 Å². The summed E-state index contributed by atoms with van der Waals surface area (Å²) in [6.45, 7) is 9.07. The second-order valence-corrected chi connectivity index (χ2v) is 7.38. The summed E-state index contributed by atoms with van der Waals surface area (Å²) in [6.07, 6.45) is 0.684. The number of rotatable bonds is 12. The molecule has 0 aromatic heterocycles. The van der Waals surface area contributed by atoms with Crippen molar-refractivity contribution >= 4 is 7.60 Å². The lowest BCUT2D eigenvalue weighted by atomic mass is 10.4. The molecular formula is C13H30NO5P. The van der Waals surface area contributed by atoms with Gasteiger partial charge in [-0.05, 0) is 40.7 Å². The van der Waals surface area contributed by atoms with E-state index in [-0.39, 0.29) is 25.4 Å². The Hall–Kier alpha value is 0.0300. The van der Waals surface area contributed by atoms with Gasteiger partial charge < -0.3 is 19.3 Å². The van der Waals surface area contributed by atoms with Crippen molar-refractivity contribution in [2.45, 2.75) is 46.3 Å². The Morgan fingerprint density at radius 2 is 1.40 bits per heavy atom. The van der Waals surface area contributed by atoms with Crippen LogP contribution in [0.15, 0.2) is 0 Å². The van der Waals surface area contributed by atoms with Crippen molar-refractivity contribution in [2.75, 3.05) is 39.0 Å². The van der Waals surface area contributed by atoms with Gasteiger partial charge in [-0.15, -0.1) is 0 Å². The predicted molar refractivity (Wildman–Crippen MR) is 80.1 cm³/mol. The fourth-order valence-electron chi connectivity index (χ4n) is 1.88. The predicted octanol–water partition coefficient (Wildman–Crippen LogP) is 1.71. The second-order valence-electron chi connectivity index (χ2n) is 5.29. The molecule has 0 aromatic carbocycles. The van der Waals surface area contributed by atoms with Crippen LogP contribution in [0.25, 0.3) is 0 Å². The fourth-order valence-corrected chi connectivity index (χ4v) is 3.95. The minimum absolute atomic E-state index is 0.0443. The zero-order valence-corrected chi connectivity index (χ0v) is 14.0. The Balaban J connectivity index is 4.34. The number of hydrogen-bond donors (Lipinski definition) is 2. The molecule has 0 spiro atoms. The molecule has 20 heavy (non-hydrogen) atoms. The smallest absolute Gasteiger partial charge is 0.331 e. The first-order valence-electron chi connectivity index (χ1n) is 7.23. The first-order chi connectivity index (χ1) is 9.33. The SMILES string of the molecule is CC(C)OP(=O)(CCCN(CCO)CCO)OC(C)C. The third-order valence-corrected chi connectivity index (χ3v) is 4.83. The van der Waals surface area contributed by atoms with Gasteiger partial charge in [-0.1, -0.05) is 0 Å². The van der Waals surface area contributed by atoms with Gasteiger partial charge in [-0.3, -0.25) is 9.46 Å². The van der Waals surface area contributed by atoms with Crippen LogP contribution < -0.4 is 0 Å². The second kappa shape index (κ2) is 10.7. The molecule has 122 valence electrons. The summed E-state index contributed by atoms with van der Waals surface area (Å²) in [6, 6.07) is 0. The summed E-state index contributed by atoms with van der Waals surface area (Å²) in [5, 5.41) is 17.9. The third kappa shape index (κ3) is 9.86. The Morgan fingerprint density at radius 3 is 1.75 bits per heavy atom. The lowest BCUT2D eigenvalue weighted by Gasteiger charge is -2.24. The van der Waals surface area contributed by atoms with Crippen molar-refractivity contribution in [2.24, 2.45) is 0 Å². The molecule has 0 saturated heterocycles. The van der Waals surface area contributed by atoms with E-state index in [9.17, 15) is 4.57 Å². The van der Waals surface area contributed by atoms with Gasteiger partial charge in [0.2, 0.25) is 0 Å². The Kier molecular flexibility index (Phi) is 10.7. The zero-order chi connectivity index (χ0) is 15.6. The summed E-state index contributed by atoms with van der Waals surface area (Å²) in [5.41, 5.74) is 0. The van der Waals surface area contributed by atoms with Crippen LogP contribution in [0.5, 0.6) is 0 Å². The molecule has 0 heterocycles. The van der Waals surface area contributed by atoms with Crippen molar-refractivity contribution < 1.29 is 23.8 Å². The molecule has 0 radical (unpaired) electrons. The molecule has 0 aliphatic carbocycles. The minimum Gasteiger partial charge on any atom is -0.395 e. The summed E-state index contributed by atoms with van der Waals surface area (Å²) < 4.78 is 23.5. The maximum atomic E-state index is 12.6. The molecule has 0 aliphatic rings. The van der Waals surface area contributed by atoms with E-state index in [1.165, 1.54) is 0 Å². The van der Waals surface area contributed by atoms with E-state index in [1.54, 1.807) is 0 Å². The van der Waals surface area contributed by atoms with E-state index in [0.29, 0.717) is 32.2 Å². The molecule has 0 fully saturated rings. The van der Waals surface area contributed by atoms with Crippen LogP contribution in [-0.4, -0.2) is 66.3 Å². The summed E-state index contributed by atoms with van der Waals surface area (Å²) in [5.74, 6) is 0. The van der Waals surface area contributed by atoms with E-state index in [1.807, 2.05) is 32.6 Å². The molecule has 0 unspecified atom stereocenters. The standard InChI is InChI=1S/C13H30NO5P/c1-12(2)18-20(17,19-13(3)4)11-5-6-14(7-9-15)8-10-16/h12-13,15-16H,5-11H2,1-4H3. The van der Waals surface area contributed by atoms with Crippen molar-refractivity contribution in [3.8, 4) is 0 Å². The number of nitrogens with zero attached hydrogens (tertiary/aromatic N) is 1. The summed E-state index contributed by atoms with van der Waals surface area (Å²) >= 11 is 0. The minimum atomic E-state index is -3.08. The van der Waals surface area contributed by atoms with Crippen LogP contribution in [0, 0.1) is 0 Å². The van der Waals surface area contributed by atoms with Gasteiger partial charge in [0.05, 0.1) is 31.6 Å². The van der Waals surface area contributed by atoms with Gasteiger partial charge in [-0.2, -0.15) is 0 Å². The molecule has 0 atom stereocenters. The normalized spacial score (nSPS) is 12.8. The van der Waals surface area contributed by atoms with Crippen LogP contribution in [0.1, 0.15) is 34.1 Å². The monoisotopic (exact) mass is 311 g/mol. The van der Waals surface area contributed by atoms with E-state index < -0.39 is 7.60 Å². The number of aliphatic hydroxyl groups excluding tert-OH is 2. The van der Waals surface area contributed by atoms with Gasteiger partial charge in [0.25, 0.3) is 0 Å². The highest BCUT2D eigenvalue weighted by Crippen LogP contribution is 2.50. The lowest BCUT2D eigenvalue weighted by Crippen LogP contribution is -2.31. The van der Waals surface area contributed by atoms with E-state index in [2.05, 4.69) is 0 Å². The van der Waals surface area contributed by atoms with Gasteiger partial charge in [0.1, 0.15) is 0 Å². The molecule has 6 nitrogen and oxygen atoms in total. The highest BCUT2D eigenvalue weighted by molar-refractivity contribution is 7.53. The summed E-state index contributed by atoms with van der Waals surface area (Å²) in [7, 11) is -3.08. The Morgan fingerprint density at radius 1 is 0.950 bits per heavy atom. The fraction of sp³-hybridized carbons (Fsp3) is 1.00. The molecule has 0 aliphatic heterocycles. The molecule has 2 N–H and O–H groups in total. The highest BCUT2D eigenvalue weighted by Gasteiger charge is 2.27. The Labute approximate surface area is 122 Å². The van der Waals surface area contributed by atoms with Crippen LogP contribution in [0.2, 0.25) is 0 Å². The molecule has 0 rings (SSSR count). The van der Waals surface area contributed by atoms with Gasteiger partial charge in [0.15, 0.2) is 0 Å². The third-order valence-electron chi connectivity index (χ3n) is 2.48. The van der Waals surface area contributed by atoms with Crippen LogP contribution >= 0.6 is 7.60 Å². The van der Waals surface area contributed by atoms with Crippen LogP contribution in [-0.2, 0) is 13.6 Å². The number of aliphatic hydroxyl groups is 2. The van der Waals surface area contributed by atoms with E-state index in [4.69, 9.17) is 19.3 Å². The zero-order valence-electron chi connectivity index (χ0n) is 13.1. The average molecular weight is 311 g/mol. The number of hydrogen-bond acceptors (Lipinski definition) is 6. The van der Waals surface area contributed by atoms with E-state index >= 15 is 0 Å². The van der Waals surface area contributed by atoms with Crippen LogP contribution in [0.3, 0.4) is 0 Å². The molecule has 0 saturated carbocycles. The molecule has 0 aromatic rings. The lowest BCUT2D eigenvalue weighted by molar-refractivity contribution is 0.139. The van der Waals surface area contributed by atoms with Gasteiger partial charge in [0, 0.05) is 13.1 Å². The molecular weight excluding hydrogens is 281 g/mol. The van der Waals surface area contributed by atoms with Gasteiger partial charge >= 0.3 is 7.60 Å². The maximum absolute atomic E-state index is 12.6. The van der Waals surface area contributed by atoms with Crippen molar-refractivity contribution in [1.82, 2.24) is 4.90 Å². The Bertz CT molecular complexity index is 266. The molecule has 7 heteroatoms. The molecule has 0 amide bonds. The van der Waals surface area contributed by atoms with Crippen molar-refractivity contribution in [1.29, 1.82) is 0 Å². The largest absolute Gasteiger partial charge is 0.395 e. The summed E-state index contributed by atoms with van der Waals surface area (Å²) in [4.78, 5) is 1.93. The highest BCUT2D eigenvalue weighted by atomic mass is 31.2. The van der Waals surface area contributed by atoms with Gasteiger partial charge in [-0.25, -0.2) is 0 Å². The maximum Gasteiger partial charge on any atom is 0.331 e. The topological polar surface area (TPSA) is 79.2 Å². The molecule has 0 bridgehead atoms. The first-order valence-corrected chi connectivity index (χ1v) is 8.95. The quantitative estimate of drug-likeness (QED) is 0.534. The van der Waals surface area contributed by atoms with Crippen LogP contribution in [0.4, 0.5) is 0 Å².